The zero-order valence-corrected chi connectivity index (χ0v) is 29.7. The highest BCUT2D eigenvalue weighted by Crippen LogP contribution is 2.30. The van der Waals surface area contributed by atoms with Crippen molar-refractivity contribution in [1.82, 2.24) is 15.5 Å². The van der Waals surface area contributed by atoms with Crippen LogP contribution in [0.2, 0.25) is 0 Å². The quantitative estimate of drug-likeness (QED) is 0.182. The van der Waals surface area contributed by atoms with Gasteiger partial charge in [-0.3, -0.25) is 14.9 Å². The summed E-state index contributed by atoms with van der Waals surface area (Å²) in [6.07, 6.45) is 7.77. The van der Waals surface area contributed by atoms with Gasteiger partial charge in [-0.15, -0.1) is 0 Å². The zero-order valence-electron chi connectivity index (χ0n) is 29.7. The normalized spacial score (nSPS) is 16.1. The van der Waals surface area contributed by atoms with Crippen molar-refractivity contribution in [3.8, 4) is 0 Å². The van der Waals surface area contributed by atoms with Crippen LogP contribution in [0.15, 0.2) is 0 Å². The second kappa shape index (κ2) is 15.3. The van der Waals surface area contributed by atoms with E-state index in [4.69, 9.17) is 4.74 Å². The third-order valence-electron chi connectivity index (χ3n) is 7.08. The number of hydrogen-bond acceptors (Lipinski definition) is 6. The van der Waals surface area contributed by atoms with Crippen molar-refractivity contribution in [2.45, 2.75) is 170 Å². The average Bonchev–Trinajstić information content (AvgIpc) is 2.75. The first-order valence-corrected chi connectivity index (χ1v) is 15.8. The predicted molar refractivity (Wildman–Crippen MR) is 172 cm³/mol. The molecule has 0 rings (SSSR count). The molecule has 0 aliphatic heterocycles. The number of nitrogens with one attached hydrogen (secondary N) is 2. The molecule has 1 amide bonds. The van der Waals surface area contributed by atoms with Crippen molar-refractivity contribution >= 4 is 17.7 Å². The molecule has 0 aromatic carbocycles. The minimum atomic E-state index is -0.884. The Hall–Kier alpha value is -1.47. The Morgan fingerprint density at radius 2 is 0.927 bits per heavy atom. The summed E-state index contributed by atoms with van der Waals surface area (Å²) in [7, 11) is 1.69. The second-order valence-corrected chi connectivity index (χ2v) is 16.8. The van der Waals surface area contributed by atoms with Crippen LogP contribution in [0.25, 0.3) is 0 Å². The Balaban J connectivity index is 4.53. The van der Waals surface area contributed by atoms with E-state index < -0.39 is 22.6 Å². The molecule has 0 aromatic heterocycles. The number of amides is 1. The molecule has 0 saturated heterocycles. The van der Waals surface area contributed by atoms with Crippen molar-refractivity contribution in [1.29, 1.82) is 0 Å². The molecule has 0 saturated carbocycles. The number of nitrogens with zero attached hydrogens (tertiary/aromatic N) is 1. The molecule has 0 radical (unpaired) electrons. The van der Waals surface area contributed by atoms with Crippen molar-refractivity contribution in [3.05, 3.63) is 0 Å². The van der Waals surface area contributed by atoms with Gasteiger partial charge in [-0.25, -0.2) is 4.79 Å². The Morgan fingerprint density at radius 1 is 0.561 bits per heavy atom. The van der Waals surface area contributed by atoms with E-state index in [1.807, 2.05) is 69.2 Å². The maximum atomic E-state index is 13.3. The smallest absolute Gasteiger partial charge is 0.409 e. The van der Waals surface area contributed by atoms with Gasteiger partial charge in [-0.05, 0) is 68.2 Å². The van der Waals surface area contributed by atoms with E-state index in [-0.39, 0.29) is 34.6 Å². The predicted octanol–water partition coefficient (Wildman–Crippen LogP) is 7.70. The highest BCUT2D eigenvalue weighted by atomic mass is 16.6. The van der Waals surface area contributed by atoms with Crippen LogP contribution in [0.3, 0.4) is 0 Å². The van der Waals surface area contributed by atoms with Gasteiger partial charge in [0.2, 0.25) is 0 Å². The standard InChI is InChI=1S/C34H67N3O4/c1-29(2,3)26(38)33(13,35-31(7,8)9)23-21-19-17-16-18-20-22-24-41-28(40)37(15)25-34(14,36-32(10,11)12)27(39)30(4,5)6/h35-36H,16-25H2,1-15H3/t33-,34+/m0/s1. The number of likely N-dealkylation sites (N-methyl/N-ethyl adjacent to an activating group) is 1. The molecule has 0 aliphatic rings. The van der Waals surface area contributed by atoms with Crippen molar-refractivity contribution in [3.63, 3.8) is 0 Å². The van der Waals surface area contributed by atoms with Crippen LogP contribution in [0.4, 0.5) is 4.79 Å². The average molecular weight is 582 g/mol. The van der Waals surface area contributed by atoms with Gasteiger partial charge in [0, 0.05) is 35.5 Å². The van der Waals surface area contributed by atoms with Gasteiger partial charge in [0.1, 0.15) is 0 Å². The lowest BCUT2D eigenvalue weighted by Crippen LogP contribution is -2.64. The fourth-order valence-corrected chi connectivity index (χ4v) is 5.98. The summed E-state index contributed by atoms with van der Waals surface area (Å²) in [5.41, 5.74) is -2.73. The van der Waals surface area contributed by atoms with Gasteiger partial charge in [-0.2, -0.15) is 0 Å². The largest absolute Gasteiger partial charge is 0.449 e. The number of rotatable bonds is 16. The molecule has 41 heavy (non-hydrogen) atoms. The van der Waals surface area contributed by atoms with E-state index >= 15 is 0 Å². The Bertz CT molecular complexity index is 842. The Labute approximate surface area is 253 Å². The van der Waals surface area contributed by atoms with Crippen LogP contribution in [0.1, 0.15) is 148 Å². The van der Waals surface area contributed by atoms with Crippen LogP contribution in [0.5, 0.6) is 0 Å². The number of carbonyl (C=O) groups is 3. The lowest BCUT2D eigenvalue weighted by Gasteiger charge is -2.41. The van der Waals surface area contributed by atoms with Gasteiger partial charge in [0.15, 0.2) is 11.6 Å². The summed E-state index contributed by atoms with van der Waals surface area (Å²) in [5.74, 6) is 0.339. The number of ketones is 2. The number of carbonyl (C=O) groups excluding carboxylic acids is 3. The van der Waals surface area contributed by atoms with E-state index in [0.717, 1.165) is 51.4 Å². The molecule has 0 aliphatic carbocycles. The highest BCUT2D eigenvalue weighted by Gasteiger charge is 2.44. The highest BCUT2D eigenvalue weighted by molar-refractivity contribution is 5.93. The second-order valence-electron chi connectivity index (χ2n) is 16.8. The molecule has 2 N–H and O–H groups in total. The van der Waals surface area contributed by atoms with Gasteiger partial charge < -0.3 is 15.0 Å². The molecule has 0 heterocycles. The Kier molecular flexibility index (Phi) is 14.8. The van der Waals surface area contributed by atoms with Crippen LogP contribution >= 0.6 is 0 Å². The molecule has 0 fully saturated rings. The van der Waals surface area contributed by atoms with Crippen LogP contribution in [-0.2, 0) is 14.3 Å². The topological polar surface area (TPSA) is 87.7 Å². The van der Waals surface area contributed by atoms with Gasteiger partial charge in [-0.1, -0.05) is 80.1 Å². The molecule has 0 spiro atoms. The van der Waals surface area contributed by atoms with Gasteiger partial charge in [0.05, 0.1) is 17.7 Å². The fraction of sp³-hybridized carbons (Fsp3) is 0.912. The molecule has 0 unspecified atom stereocenters. The lowest BCUT2D eigenvalue weighted by atomic mass is 9.75. The molecule has 2 atom stereocenters. The number of ether oxygens (including phenoxy) is 1. The maximum Gasteiger partial charge on any atom is 0.409 e. The Morgan fingerprint density at radius 3 is 1.34 bits per heavy atom. The first-order valence-electron chi connectivity index (χ1n) is 15.8. The van der Waals surface area contributed by atoms with E-state index in [0.29, 0.717) is 6.61 Å². The van der Waals surface area contributed by atoms with Crippen molar-refractivity contribution in [2.24, 2.45) is 10.8 Å². The molecular formula is C34H67N3O4. The fourth-order valence-electron chi connectivity index (χ4n) is 5.98. The number of unbranched alkanes of at least 4 members (excludes halogenated alkanes) is 6. The zero-order chi connectivity index (χ0) is 32.5. The third kappa shape index (κ3) is 15.5. The summed E-state index contributed by atoms with van der Waals surface area (Å²) in [6.45, 7) is 28.7. The van der Waals surface area contributed by atoms with E-state index in [9.17, 15) is 14.4 Å². The SMILES string of the molecule is CN(C[C@@](C)(NC(C)(C)C)C(=O)C(C)(C)C)C(=O)OCCCCCCCCC[C@](C)(NC(C)(C)C)C(=O)C(C)(C)C. The van der Waals surface area contributed by atoms with Crippen LogP contribution < -0.4 is 10.6 Å². The third-order valence-corrected chi connectivity index (χ3v) is 7.08. The lowest BCUT2D eigenvalue weighted by molar-refractivity contribution is -0.134. The first-order chi connectivity index (χ1) is 18.2. The minimum absolute atomic E-state index is 0.0652. The summed E-state index contributed by atoms with van der Waals surface area (Å²) in [4.78, 5) is 40.6. The molecule has 7 nitrogen and oxygen atoms in total. The van der Waals surface area contributed by atoms with Crippen LogP contribution in [-0.4, -0.2) is 64.9 Å². The van der Waals surface area contributed by atoms with Crippen molar-refractivity contribution in [2.75, 3.05) is 20.2 Å². The summed E-state index contributed by atoms with van der Waals surface area (Å²) in [5, 5.41) is 7.04. The maximum absolute atomic E-state index is 13.3. The molecule has 0 bridgehead atoms. The number of Topliss-reactive ketones (excluding diaryl/α,β-unsaturated/α-hetero) is 2. The van der Waals surface area contributed by atoms with E-state index in [1.165, 1.54) is 4.90 Å². The number of hydrogen-bond donors (Lipinski definition) is 2. The van der Waals surface area contributed by atoms with Crippen LogP contribution in [0, 0.1) is 10.8 Å². The van der Waals surface area contributed by atoms with E-state index in [1.54, 1.807) is 7.05 Å². The molecule has 242 valence electrons. The van der Waals surface area contributed by atoms with Gasteiger partial charge >= 0.3 is 6.09 Å². The van der Waals surface area contributed by atoms with Gasteiger partial charge in [0.25, 0.3) is 0 Å². The van der Waals surface area contributed by atoms with E-state index in [2.05, 4.69) is 38.3 Å². The molecule has 0 aromatic rings. The molecular weight excluding hydrogens is 514 g/mol. The summed E-state index contributed by atoms with van der Waals surface area (Å²) < 4.78 is 5.53. The monoisotopic (exact) mass is 582 g/mol. The first kappa shape index (κ1) is 39.5. The van der Waals surface area contributed by atoms with Crippen molar-refractivity contribution < 1.29 is 19.1 Å². The summed E-state index contributed by atoms with van der Waals surface area (Å²) in [6, 6.07) is 0. The molecule has 7 heteroatoms. The minimum Gasteiger partial charge on any atom is -0.449 e. The summed E-state index contributed by atoms with van der Waals surface area (Å²) >= 11 is 0.